The van der Waals surface area contributed by atoms with E-state index in [-0.39, 0.29) is 11.6 Å². The summed E-state index contributed by atoms with van der Waals surface area (Å²) in [6, 6.07) is 0. The molecule has 2 fully saturated rings. The van der Waals surface area contributed by atoms with Gasteiger partial charge in [0.05, 0.1) is 0 Å². The molecular formula is C15H28N2O2. The Balaban J connectivity index is 1.91. The van der Waals surface area contributed by atoms with Gasteiger partial charge in [-0.1, -0.05) is 0 Å². The number of nitrogens with zero attached hydrogens (tertiary/aromatic N) is 2. The molecule has 0 N–H and O–H groups in total. The average Bonchev–Trinajstić information content (AvgIpc) is 2.35. The smallest absolute Gasteiger partial charge is 0.410 e. The van der Waals surface area contributed by atoms with E-state index in [9.17, 15) is 4.79 Å². The second kappa shape index (κ2) is 5.31. The summed E-state index contributed by atoms with van der Waals surface area (Å²) in [6.07, 6.45) is 4.50. The van der Waals surface area contributed by atoms with E-state index in [1.54, 1.807) is 0 Å². The molecule has 2 aliphatic heterocycles. The zero-order valence-corrected chi connectivity index (χ0v) is 12.9. The lowest BCUT2D eigenvalue weighted by atomic mass is 9.88. The van der Waals surface area contributed by atoms with Crippen LogP contribution in [0.2, 0.25) is 0 Å². The third-order valence-corrected chi connectivity index (χ3v) is 4.33. The summed E-state index contributed by atoms with van der Waals surface area (Å²) >= 11 is 0. The van der Waals surface area contributed by atoms with Crippen LogP contribution >= 0.6 is 0 Å². The highest BCUT2D eigenvalue weighted by atomic mass is 16.6. The molecule has 1 atom stereocenters. The molecule has 1 amide bonds. The number of ether oxygens (including phenoxy) is 1. The molecule has 0 saturated carbocycles. The normalized spacial score (nSPS) is 29.6. The van der Waals surface area contributed by atoms with E-state index in [1.165, 1.54) is 25.9 Å². The first kappa shape index (κ1) is 14.6. The Morgan fingerprint density at radius 3 is 2.26 bits per heavy atom. The monoisotopic (exact) mass is 268 g/mol. The molecule has 2 heterocycles. The summed E-state index contributed by atoms with van der Waals surface area (Å²) in [5.74, 6) is 0. The average molecular weight is 268 g/mol. The number of hydrogen-bond acceptors (Lipinski definition) is 3. The maximum atomic E-state index is 12.1. The van der Waals surface area contributed by atoms with Gasteiger partial charge in [-0.15, -0.1) is 0 Å². The van der Waals surface area contributed by atoms with E-state index in [0.29, 0.717) is 0 Å². The van der Waals surface area contributed by atoms with Crippen molar-refractivity contribution in [3.05, 3.63) is 0 Å². The Kier molecular flexibility index (Phi) is 4.09. The number of likely N-dealkylation sites (tertiary alicyclic amines) is 2. The van der Waals surface area contributed by atoms with Gasteiger partial charge < -0.3 is 9.64 Å². The van der Waals surface area contributed by atoms with Gasteiger partial charge in [-0.2, -0.15) is 0 Å². The predicted octanol–water partition coefficient (Wildman–Crippen LogP) is 2.87. The Hall–Kier alpha value is -0.770. The Labute approximate surface area is 117 Å². The number of hydrogen-bond donors (Lipinski definition) is 0. The zero-order chi connectivity index (χ0) is 14.1. The summed E-state index contributed by atoms with van der Waals surface area (Å²) in [7, 11) is 0. The van der Waals surface area contributed by atoms with E-state index in [2.05, 4.69) is 11.8 Å². The van der Waals surface area contributed by atoms with Gasteiger partial charge in [0.2, 0.25) is 0 Å². The first-order valence-electron chi connectivity index (χ1n) is 7.53. The largest absolute Gasteiger partial charge is 0.444 e. The molecule has 4 nitrogen and oxygen atoms in total. The Bertz CT molecular complexity index is 334. The lowest BCUT2D eigenvalue weighted by Gasteiger charge is -2.46. The molecular weight excluding hydrogens is 240 g/mol. The van der Waals surface area contributed by atoms with Crippen molar-refractivity contribution in [1.82, 2.24) is 9.80 Å². The molecule has 2 rings (SSSR count). The van der Waals surface area contributed by atoms with Crippen LogP contribution in [0.25, 0.3) is 0 Å². The van der Waals surface area contributed by atoms with Crippen LogP contribution in [0.3, 0.4) is 0 Å². The first-order valence-corrected chi connectivity index (χ1v) is 7.53. The Morgan fingerprint density at radius 2 is 1.74 bits per heavy atom. The molecule has 2 aliphatic rings. The molecule has 110 valence electrons. The van der Waals surface area contributed by atoms with Crippen molar-refractivity contribution in [1.29, 1.82) is 0 Å². The number of carbonyl (C=O) groups is 1. The second-order valence-corrected chi connectivity index (χ2v) is 7.16. The highest BCUT2D eigenvalue weighted by Gasteiger charge is 2.37. The van der Waals surface area contributed by atoms with E-state index >= 15 is 0 Å². The summed E-state index contributed by atoms with van der Waals surface area (Å²) in [6.45, 7) is 12.2. The zero-order valence-electron chi connectivity index (χ0n) is 12.9. The number of amides is 1. The van der Waals surface area contributed by atoms with Gasteiger partial charge in [-0.3, -0.25) is 4.90 Å². The van der Waals surface area contributed by atoms with Crippen LogP contribution < -0.4 is 0 Å². The van der Waals surface area contributed by atoms with Gasteiger partial charge in [0.15, 0.2) is 0 Å². The fourth-order valence-corrected chi connectivity index (χ4v) is 2.94. The van der Waals surface area contributed by atoms with E-state index in [4.69, 9.17) is 4.74 Å². The first-order chi connectivity index (χ1) is 8.80. The van der Waals surface area contributed by atoms with Gasteiger partial charge in [0.1, 0.15) is 5.60 Å². The van der Waals surface area contributed by atoms with Gasteiger partial charge in [0.25, 0.3) is 0 Å². The van der Waals surface area contributed by atoms with Crippen LogP contribution in [0, 0.1) is 0 Å². The van der Waals surface area contributed by atoms with Crippen LogP contribution in [0.15, 0.2) is 0 Å². The van der Waals surface area contributed by atoms with Gasteiger partial charge >= 0.3 is 6.09 Å². The molecule has 0 aromatic rings. The number of carbonyl (C=O) groups excluding carboxylic acids is 1. The quantitative estimate of drug-likeness (QED) is 0.733. The van der Waals surface area contributed by atoms with E-state index < -0.39 is 5.60 Å². The van der Waals surface area contributed by atoms with Gasteiger partial charge in [-0.05, 0) is 66.5 Å². The number of rotatable bonds is 1. The third-order valence-electron chi connectivity index (χ3n) is 4.33. The minimum Gasteiger partial charge on any atom is -0.444 e. The van der Waals surface area contributed by atoms with Crippen molar-refractivity contribution >= 4 is 6.09 Å². The van der Waals surface area contributed by atoms with Crippen molar-refractivity contribution in [2.75, 3.05) is 26.2 Å². The summed E-state index contributed by atoms with van der Waals surface area (Å²) < 4.78 is 5.48. The maximum absolute atomic E-state index is 12.1. The topological polar surface area (TPSA) is 32.8 Å². The molecule has 0 aliphatic carbocycles. The highest BCUT2D eigenvalue weighted by molar-refractivity contribution is 5.68. The third kappa shape index (κ3) is 3.62. The van der Waals surface area contributed by atoms with E-state index in [1.807, 2.05) is 25.7 Å². The van der Waals surface area contributed by atoms with Crippen LogP contribution in [-0.2, 0) is 4.74 Å². The summed E-state index contributed by atoms with van der Waals surface area (Å²) in [5, 5.41) is 0. The van der Waals surface area contributed by atoms with Crippen molar-refractivity contribution in [2.45, 2.75) is 64.5 Å². The van der Waals surface area contributed by atoms with Crippen LogP contribution in [0.1, 0.15) is 53.4 Å². The molecule has 0 spiro atoms. The molecule has 0 radical (unpaired) electrons. The fourth-order valence-electron chi connectivity index (χ4n) is 2.94. The predicted molar refractivity (Wildman–Crippen MR) is 76.3 cm³/mol. The summed E-state index contributed by atoms with van der Waals surface area (Å²) in [4.78, 5) is 16.6. The molecule has 2 saturated heterocycles. The maximum Gasteiger partial charge on any atom is 0.410 e. The molecule has 1 unspecified atom stereocenters. The standard InChI is InChI=1S/C15H28N2O2/c1-14(2,3)19-13(18)16-9-5-7-15(4,8-12-16)17-10-6-11-17/h5-12H2,1-4H3. The molecule has 0 bridgehead atoms. The van der Waals surface area contributed by atoms with Gasteiger partial charge in [-0.25, -0.2) is 4.79 Å². The van der Waals surface area contributed by atoms with Crippen molar-refractivity contribution in [3.8, 4) is 0 Å². The van der Waals surface area contributed by atoms with Crippen LogP contribution in [0.5, 0.6) is 0 Å². The molecule has 0 aromatic carbocycles. The highest BCUT2D eigenvalue weighted by Crippen LogP contribution is 2.32. The molecule has 19 heavy (non-hydrogen) atoms. The van der Waals surface area contributed by atoms with Crippen molar-refractivity contribution in [3.63, 3.8) is 0 Å². The van der Waals surface area contributed by atoms with Gasteiger partial charge in [0, 0.05) is 18.6 Å². The van der Waals surface area contributed by atoms with Crippen LogP contribution in [-0.4, -0.2) is 53.2 Å². The minimum atomic E-state index is -0.399. The second-order valence-electron chi connectivity index (χ2n) is 7.16. The van der Waals surface area contributed by atoms with Crippen molar-refractivity contribution < 1.29 is 9.53 Å². The SMILES string of the molecule is CC(C)(C)OC(=O)N1CCCC(C)(N2CCC2)CC1. The fraction of sp³-hybridized carbons (Fsp3) is 0.933. The van der Waals surface area contributed by atoms with E-state index in [0.717, 1.165) is 25.9 Å². The Morgan fingerprint density at radius 1 is 1.05 bits per heavy atom. The van der Waals surface area contributed by atoms with Crippen LogP contribution in [0.4, 0.5) is 4.79 Å². The molecule has 4 heteroatoms. The lowest BCUT2D eigenvalue weighted by Crippen LogP contribution is -2.53. The minimum absolute atomic E-state index is 0.152. The van der Waals surface area contributed by atoms with Crippen molar-refractivity contribution in [2.24, 2.45) is 0 Å². The molecule has 0 aromatic heterocycles. The lowest BCUT2D eigenvalue weighted by molar-refractivity contribution is 0.0186. The summed E-state index contributed by atoms with van der Waals surface area (Å²) in [5.41, 5.74) is -0.112.